The largest absolute Gasteiger partial charge is 0.384 e. The molecule has 0 spiro atoms. The monoisotopic (exact) mass is 191 g/mol. The van der Waals surface area contributed by atoms with Crippen molar-refractivity contribution in [2.45, 2.75) is 26.1 Å². The van der Waals surface area contributed by atoms with E-state index in [9.17, 15) is 0 Å². The van der Waals surface area contributed by atoms with Gasteiger partial charge in [-0.1, -0.05) is 37.0 Å². The quantitative estimate of drug-likeness (QED) is 0.671. The van der Waals surface area contributed by atoms with Gasteiger partial charge in [-0.2, -0.15) is 0 Å². The van der Waals surface area contributed by atoms with Crippen molar-refractivity contribution < 1.29 is 0 Å². The van der Waals surface area contributed by atoms with Gasteiger partial charge in [0.25, 0.3) is 0 Å². The first-order valence-electron chi connectivity index (χ1n) is 4.95. The van der Waals surface area contributed by atoms with E-state index in [0.29, 0.717) is 0 Å². The van der Waals surface area contributed by atoms with E-state index >= 15 is 0 Å². The van der Waals surface area contributed by atoms with Crippen LogP contribution >= 0.6 is 0 Å². The Balaban J connectivity index is 2.42. The molecule has 0 amide bonds. The van der Waals surface area contributed by atoms with E-state index in [-0.39, 0.29) is 0 Å². The summed E-state index contributed by atoms with van der Waals surface area (Å²) in [6.45, 7) is 8.32. The first-order chi connectivity index (χ1) is 6.07. The zero-order valence-corrected chi connectivity index (χ0v) is 9.65. The van der Waals surface area contributed by atoms with Crippen molar-refractivity contribution in [3.63, 3.8) is 0 Å². The SMILES string of the molecule is C[Si](C)(C)c1ccc2c(c1)CCN2. The molecule has 0 unspecified atom stereocenters. The number of anilines is 1. The van der Waals surface area contributed by atoms with Crippen LogP contribution in [0.3, 0.4) is 0 Å². The standard InChI is InChI=1S/C11H17NSi/c1-13(2,3)10-4-5-11-9(8-10)6-7-12-11/h4-5,8,12H,6-7H2,1-3H3. The van der Waals surface area contributed by atoms with Crippen LogP contribution in [0.15, 0.2) is 18.2 Å². The van der Waals surface area contributed by atoms with Gasteiger partial charge in [-0.3, -0.25) is 0 Å². The van der Waals surface area contributed by atoms with E-state index < -0.39 is 8.07 Å². The number of hydrogen-bond donors (Lipinski definition) is 1. The van der Waals surface area contributed by atoms with Crippen LogP contribution in [0.2, 0.25) is 19.6 Å². The second kappa shape index (κ2) is 2.88. The maximum absolute atomic E-state index is 3.39. The minimum atomic E-state index is -1.10. The fraction of sp³-hybridized carbons (Fsp3) is 0.455. The third kappa shape index (κ3) is 1.63. The van der Waals surface area contributed by atoms with Crippen molar-refractivity contribution >= 4 is 18.9 Å². The zero-order valence-electron chi connectivity index (χ0n) is 8.65. The smallest absolute Gasteiger partial charge is 0.0776 e. The highest BCUT2D eigenvalue weighted by atomic mass is 28.3. The summed E-state index contributed by atoms with van der Waals surface area (Å²) in [5, 5.41) is 4.97. The summed E-state index contributed by atoms with van der Waals surface area (Å²) in [6, 6.07) is 6.95. The molecule has 1 nitrogen and oxygen atoms in total. The van der Waals surface area contributed by atoms with Gasteiger partial charge in [0.15, 0.2) is 0 Å². The lowest BCUT2D eigenvalue weighted by molar-refractivity contribution is 1.11. The van der Waals surface area contributed by atoms with Gasteiger partial charge in [-0.05, 0) is 18.1 Å². The summed E-state index contributed by atoms with van der Waals surface area (Å²) < 4.78 is 0. The number of benzene rings is 1. The molecular formula is C11H17NSi. The van der Waals surface area contributed by atoms with Crippen molar-refractivity contribution in [1.29, 1.82) is 0 Å². The maximum Gasteiger partial charge on any atom is 0.0776 e. The maximum atomic E-state index is 3.39. The Morgan fingerprint density at radius 1 is 1.23 bits per heavy atom. The van der Waals surface area contributed by atoms with Crippen LogP contribution in [0.4, 0.5) is 5.69 Å². The molecule has 0 bridgehead atoms. The normalized spacial score (nSPS) is 15.3. The molecule has 0 radical (unpaired) electrons. The van der Waals surface area contributed by atoms with Crippen molar-refractivity contribution in [2.75, 3.05) is 11.9 Å². The van der Waals surface area contributed by atoms with E-state index in [1.54, 1.807) is 5.19 Å². The zero-order chi connectivity index (χ0) is 9.47. The average molecular weight is 191 g/mol. The van der Waals surface area contributed by atoms with Gasteiger partial charge in [-0.25, -0.2) is 0 Å². The molecule has 0 saturated heterocycles. The molecule has 1 aliphatic heterocycles. The third-order valence-corrected chi connectivity index (χ3v) is 4.72. The van der Waals surface area contributed by atoms with Gasteiger partial charge >= 0.3 is 0 Å². The van der Waals surface area contributed by atoms with Crippen molar-refractivity contribution in [2.24, 2.45) is 0 Å². The molecule has 13 heavy (non-hydrogen) atoms. The molecule has 1 aliphatic rings. The molecule has 0 fully saturated rings. The number of hydrogen-bond acceptors (Lipinski definition) is 1. The molecule has 1 heterocycles. The molecule has 2 heteroatoms. The molecular weight excluding hydrogens is 174 g/mol. The van der Waals surface area contributed by atoms with E-state index in [2.05, 4.69) is 43.2 Å². The summed E-state index contributed by atoms with van der Waals surface area (Å²) in [5.41, 5.74) is 2.86. The van der Waals surface area contributed by atoms with Gasteiger partial charge in [0.1, 0.15) is 0 Å². The van der Waals surface area contributed by atoms with Crippen LogP contribution in [-0.2, 0) is 6.42 Å². The van der Waals surface area contributed by atoms with E-state index in [0.717, 1.165) is 6.54 Å². The average Bonchev–Trinajstić information content (AvgIpc) is 2.47. The summed E-state index contributed by atoms with van der Waals surface area (Å²) >= 11 is 0. The first-order valence-corrected chi connectivity index (χ1v) is 8.45. The molecule has 0 aromatic heterocycles. The lowest BCUT2D eigenvalue weighted by Gasteiger charge is -2.17. The Labute approximate surface area is 81.2 Å². The van der Waals surface area contributed by atoms with E-state index in [1.807, 2.05) is 0 Å². The fourth-order valence-electron chi connectivity index (χ4n) is 1.77. The highest BCUT2D eigenvalue weighted by Gasteiger charge is 2.18. The van der Waals surface area contributed by atoms with Crippen molar-refractivity contribution in [3.8, 4) is 0 Å². The fourth-order valence-corrected chi connectivity index (χ4v) is 2.96. The molecule has 1 aromatic carbocycles. The Hall–Kier alpha value is -0.763. The number of rotatable bonds is 1. The second-order valence-electron chi connectivity index (χ2n) is 4.80. The summed E-state index contributed by atoms with van der Waals surface area (Å²) in [6.07, 6.45) is 1.20. The lowest BCUT2D eigenvalue weighted by Crippen LogP contribution is -2.37. The Bertz CT molecular complexity index is 325. The number of fused-ring (bicyclic) bond motifs is 1. The predicted octanol–water partition coefficient (Wildman–Crippen LogP) is 2.20. The summed E-state index contributed by atoms with van der Waals surface area (Å²) in [7, 11) is -1.10. The molecule has 1 aromatic rings. The minimum Gasteiger partial charge on any atom is -0.384 e. The van der Waals surface area contributed by atoms with E-state index in [1.165, 1.54) is 17.7 Å². The first kappa shape index (κ1) is 8.82. The molecule has 70 valence electrons. The molecule has 0 aliphatic carbocycles. The highest BCUT2D eigenvalue weighted by molar-refractivity contribution is 6.88. The summed E-state index contributed by atoms with van der Waals surface area (Å²) in [5.74, 6) is 0. The Kier molecular flexibility index (Phi) is 1.95. The van der Waals surface area contributed by atoms with Crippen molar-refractivity contribution in [1.82, 2.24) is 0 Å². The predicted molar refractivity (Wildman–Crippen MR) is 61.6 cm³/mol. The highest BCUT2D eigenvalue weighted by Crippen LogP contribution is 2.21. The van der Waals surface area contributed by atoms with Crippen LogP contribution in [0.25, 0.3) is 0 Å². The molecule has 0 saturated carbocycles. The van der Waals surface area contributed by atoms with Crippen LogP contribution in [-0.4, -0.2) is 14.6 Å². The van der Waals surface area contributed by atoms with Gasteiger partial charge in [0.05, 0.1) is 8.07 Å². The minimum absolute atomic E-state index is 1.10. The van der Waals surface area contributed by atoms with Gasteiger partial charge in [0.2, 0.25) is 0 Å². The third-order valence-electron chi connectivity index (χ3n) is 2.68. The Morgan fingerprint density at radius 3 is 2.69 bits per heavy atom. The van der Waals surface area contributed by atoms with E-state index in [4.69, 9.17) is 0 Å². The Morgan fingerprint density at radius 2 is 2.00 bits per heavy atom. The van der Waals surface area contributed by atoms with Gasteiger partial charge < -0.3 is 5.32 Å². The lowest BCUT2D eigenvalue weighted by atomic mass is 10.2. The van der Waals surface area contributed by atoms with Crippen LogP contribution in [0.5, 0.6) is 0 Å². The molecule has 2 rings (SSSR count). The topological polar surface area (TPSA) is 12.0 Å². The van der Waals surface area contributed by atoms with Crippen LogP contribution in [0, 0.1) is 0 Å². The second-order valence-corrected chi connectivity index (χ2v) is 9.88. The van der Waals surface area contributed by atoms with Crippen LogP contribution in [0.1, 0.15) is 5.56 Å². The molecule has 0 atom stereocenters. The van der Waals surface area contributed by atoms with Gasteiger partial charge in [-0.15, -0.1) is 0 Å². The van der Waals surface area contributed by atoms with Crippen molar-refractivity contribution in [3.05, 3.63) is 23.8 Å². The summed E-state index contributed by atoms with van der Waals surface area (Å²) in [4.78, 5) is 0. The van der Waals surface area contributed by atoms with Gasteiger partial charge in [0, 0.05) is 12.2 Å². The number of nitrogens with one attached hydrogen (secondary N) is 1. The molecule has 1 N–H and O–H groups in total. The van der Waals surface area contributed by atoms with Crippen LogP contribution < -0.4 is 10.5 Å².